The van der Waals surface area contributed by atoms with E-state index >= 15 is 0 Å². The Hall–Kier alpha value is -1.36. The highest BCUT2D eigenvalue weighted by Gasteiger charge is 2.40. The molecule has 5 heteroatoms. The minimum absolute atomic E-state index is 0.0773. The van der Waals surface area contributed by atoms with E-state index in [-0.39, 0.29) is 22.0 Å². The van der Waals surface area contributed by atoms with Crippen molar-refractivity contribution in [3.63, 3.8) is 0 Å². The first-order valence-corrected chi connectivity index (χ1v) is 5.62. The third-order valence-electron chi connectivity index (χ3n) is 2.05. The zero-order valence-electron chi connectivity index (χ0n) is 7.48. The van der Waals surface area contributed by atoms with Crippen LogP contribution in [0, 0.1) is 0 Å². The average Bonchev–Trinajstić information content (AvgIpc) is 2.17. The number of carbonyl (C=O) groups is 1. The van der Waals surface area contributed by atoms with Gasteiger partial charge in [-0.25, -0.2) is 13.2 Å². The van der Waals surface area contributed by atoms with E-state index in [2.05, 4.69) is 0 Å². The molecular weight excluding hydrogens is 204 g/mol. The molecule has 1 aromatic carbocycles. The van der Waals surface area contributed by atoms with E-state index in [1.54, 1.807) is 13.0 Å². The number of rotatable bonds is 2. The molecule has 2 aliphatic heterocycles. The molecule has 0 radical (unpaired) electrons. The Morgan fingerprint density at radius 1 is 1.36 bits per heavy atom. The summed E-state index contributed by atoms with van der Waals surface area (Å²) in [4.78, 5) is 11.5. The fourth-order valence-electron chi connectivity index (χ4n) is 1.44. The first-order chi connectivity index (χ1) is 6.59. The number of esters is 1. The Morgan fingerprint density at radius 2 is 1.93 bits per heavy atom. The predicted octanol–water partition coefficient (Wildman–Crippen LogP) is 1.01. The molecule has 0 N–H and O–H groups in total. The lowest BCUT2D eigenvalue weighted by atomic mass is 10.2. The summed E-state index contributed by atoms with van der Waals surface area (Å²) in [6, 6.07) is 4.43. The third-order valence-corrected chi connectivity index (χ3v) is 3.89. The molecule has 2 aliphatic rings. The van der Waals surface area contributed by atoms with Gasteiger partial charge in [0.15, 0.2) is 0 Å². The van der Waals surface area contributed by atoms with Gasteiger partial charge in [0.25, 0.3) is 0 Å². The Balaban J connectivity index is 2.50. The normalized spacial score (nSPS) is 15.8. The van der Waals surface area contributed by atoms with Gasteiger partial charge in [-0.3, -0.25) is 0 Å². The number of sulfone groups is 1. The van der Waals surface area contributed by atoms with Gasteiger partial charge < -0.3 is 4.74 Å². The maximum absolute atomic E-state index is 11.4. The monoisotopic (exact) mass is 212 g/mol. The van der Waals surface area contributed by atoms with Gasteiger partial charge in [0.2, 0.25) is 9.84 Å². The van der Waals surface area contributed by atoms with E-state index in [0.717, 1.165) is 0 Å². The molecule has 2 heterocycles. The highest BCUT2D eigenvalue weighted by Crippen LogP contribution is 2.38. The Labute approximate surface area is 81.4 Å². The van der Waals surface area contributed by atoms with Crippen LogP contribution in [-0.2, 0) is 14.6 Å². The topological polar surface area (TPSA) is 60.4 Å². The van der Waals surface area contributed by atoms with Crippen LogP contribution < -0.4 is 0 Å². The van der Waals surface area contributed by atoms with Gasteiger partial charge in [0.05, 0.1) is 22.0 Å². The summed E-state index contributed by atoms with van der Waals surface area (Å²) in [5.41, 5.74) is 0.189. The summed E-state index contributed by atoms with van der Waals surface area (Å²) >= 11 is 0. The lowest BCUT2D eigenvalue weighted by molar-refractivity contribution is 0.0514. The largest absolute Gasteiger partial charge is 0.462 e. The number of benzene rings is 1. The molecule has 14 heavy (non-hydrogen) atoms. The van der Waals surface area contributed by atoms with Crippen LogP contribution in [0.25, 0.3) is 0 Å². The minimum Gasteiger partial charge on any atom is -0.462 e. The fourth-order valence-corrected chi connectivity index (χ4v) is 2.96. The molecule has 74 valence electrons. The maximum atomic E-state index is 11.4. The van der Waals surface area contributed by atoms with Crippen LogP contribution in [0.3, 0.4) is 0 Å². The van der Waals surface area contributed by atoms with E-state index < -0.39 is 15.8 Å². The smallest absolute Gasteiger partial charge is 0.340 e. The van der Waals surface area contributed by atoms with Crippen molar-refractivity contribution in [1.29, 1.82) is 0 Å². The SMILES string of the molecule is CCOC(=O)c1c2cccc1S2(=O)=O. The lowest BCUT2D eigenvalue weighted by Crippen LogP contribution is -2.24. The average molecular weight is 212 g/mol. The van der Waals surface area contributed by atoms with Crippen molar-refractivity contribution >= 4 is 15.8 Å². The van der Waals surface area contributed by atoms with Gasteiger partial charge in [-0.05, 0) is 19.1 Å². The fraction of sp³-hybridized carbons (Fsp3) is 0.222. The second kappa shape index (κ2) is 2.81. The summed E-state index contributed by atoms with van der Waals surface area (Å²) in [5.74, 6) is -0.562. The van der Waals surface area contributed by atoms with Crippen LogP contribution in [0.1, 0.15) is 17.3 Å². The molecule has 0 spiro atoms. The zero-order chi connectivity index (χ0) is 10.3. The van der Waals surface area contributed by atoms with E-state index in [1.165, 1.54) is 12.1 Å². The van der Waals surface area contributed by atoms with Gasteiger partial charge in [0.1, 0.15) is 0 Å². The molecule has 2 bridgehead atoms. The Bertz CT molecular complexity index is 473. The second-order valence-electron chi connectivity index (χ2n) is 2.85. The highest BCUT2D eigenvalue weighted by molar-refractivity contribution is 7.93. The highest BCUT2D eigenvalue weighted by atomic mass is 32.2. The molecule has 0 saturated carbocycles. The van der Waals surface area contributed by atoms with Crippen molar-refractivity contribution in [3.8, 4) is 0 Å². The molecule has 0 aromatic heterocycles. The predicted molar refractivity (Wildman–Crippen MR) is 47.9 cm³/mol. The Morgan fingerprint density at radius 3 is 2.36 bits per heavy atom. The summed E-state index contributed by atoms with van der Waals surface area (Å²) in [6.45, 7) is 1.92. The molecular formula is C9H8O4S. The van der Waals surface area contributed by atoms with Gasteiger partial charge in [-0.2, -0.15) is 0 Å². The van der Waals surface area contributed by atoms with Crippen LogP contribution in [0.4, 0.5) is 0 Å². The van der Waals surface area contributed by atoms with Crippen molar-refractivity contribution in [2.45, 2.75) is 16.7 Å². The van der Waals surface area contributed by atoms with Crippen LogP contribution in [-0.4, -0.2) is 21.0 Å². The van der Waals surface area contributed by atoms with E-state index in [1.807, 2.05) is 0 Å². The number of ether oxygens (including phenoxy) is 1. The molecule has 0 aliphatic carbocycles. The first-order valence-electron chi connectivity index (χ1n) is 4.14. The standard InChI is InChI=1S/C9H8O4S/c1-2-13-9(10)8-6-4-3-5-7(8)14(6,11)12/h3-5H,2H2,1H3. The molecule has 0 atom stereocenters. The number of hydrogen-bond donors (Lipinski definition) is 0. The molecule has 1 aromatic rings. The second-order valence-corrected chi connectivity index (χ2v) is 4.74. The van der Waals surface area contributed by atoms with Gasteiger partial charge >= 0.3 is 5.97 Å². The van der Waals surface area contributed by atoms with Crippen molar-refractivity contribution < 1.29 is 17.9 Å². The zero-order valence-corrected chi connectivity index (χ0v) is 8.30. The molecule has 3 rings (SSSR count). The van der Waals surface area contributed by atoms with Gasteiger partial charge in [0, 0.05) is 0 Å². The molecule has 0 amide bonds. The lowest BCUT2D eigenvalue weighted by Gasteiger charge is -2.21. The molecule has 0 saturated heterocycles. The minimum atomic E-state index is -3.32. The van der Waals surface area contributed by atoms with Crippen molar-refractivity contribution in [2.24, 2.45) is 0 Å². The van der Waals surface area contributed by atoms with E-state index in [9.17, 15) is 13.2 Å². The molecule has 0 unspecified atom stereocenters. The maximum Gasteiger partial charge on any atom is 0.340 e. The van der Waals surface area contributed by atoms with Gasteiger partial charge in [-0.15, -0.1) is 0 Å². The van der Waals surface area contributed by atoms with Crippen molar-refractivity contribution in [3.05, 3.63) is 23.8 Å². The van der Waals surface area contributed by atoms with Crippen LogP contribution >= 0.6 is 0 Å². The van der Waals surface area contributed by atoms with Crippen LogP contribution in [0.15, 0.2) is 28.0 Å². The summed E-state index contributed by atoms with van der Waals surface area (Å²) < 4.78 is 27.5. The van der Waals surface area contributed by atoms with Crippen molar-refractivity contribution in [1.82, 2.24) is 0 Å². The molecule has 4 nitrogen and oxygen atoms in total. The summed E-state index contributed by atoms with van der Waals surface area (Å²) in [5, 5.41) is 0. The number of hydrogen-bond acceptors (Lipinski definition) is 4. The molecule has 0 fully saturated rings. The van der Waals surface area contributed by atoms with Crippen LogP contribution in [0.5, 0.6) is 0 Å². The number of fused-ring (bicyclic) bond motifs is 2. The number of carbonyl (C=O) groups excluding carboxylic acids is 1. The van der Waals surface area contributed by atoms with E-state index in [0.29, 0.717) is 0 Å². The van der Waals surface area contributed by atoms with Crippen molar-refractivity contribution in [2.75, 3.05) is 6.61 Å². The quantitative estimate of drug-likeness (QED) is 0.697. The van der Waals surface area contributed by atoms with Gasteiger partial charge in [-0.1, -0.05) is 6.07 Å². The van der Waals surface area contributed by atoms with E-state index in [4.69, 9.17) is 4.74 Å². The summed E-state index contributed by atoms with van der Waals surface area (Å²) in [7, 11) is -3.32. The summed E-state index contributed by atoms with van der Waals surface area (Å²) in [6.07, 6.45) is 0. The first kappa shape index (κ1) is 9.21. The third kappa shape index (κ3) is 0.988. The van der Waals surface area contributed by atoms with Crippen LogP contribution in [0.2, 0.25) is 0 Å². The Kier molecular flexibility index (Phi) is 1.85.